The number of nitrogens with zero attached hydrogens (tertiary/aromatic N) is 2. The fourth-order valence-electron chi connectivity index (χ4n) is 3.28. The lowest BCUT2D eigenvalue weighted by molar-refractivity contribution is 0.309. The Balaban J connectivity index is 1.77. The molecule has 0 saturated heterocycles. The molecule has 1 aromatic heterocycles. The summed E-state index contributed by atoms with van der Waals surface area (Å²) in [7, 11) is 6.05. The average molecular weight is 385 g/mol. The lowest BCUT2D eigenvalue weighted by atomic mass is 10.0. The number of benzene rings is 1. The van der Waals surface area contributed by atoms with Crippen LogP contribution in [0.3, 0.4) is 0 Å². The highest BCUT2D eigenvalue weighted by molar-refractivity contribution is 6.11. The van der Waals surface area contributed by atoms with Crippen LogP contribution in [-0.4, -0.2) is 31.3 Å². The van der Waals surface area contributed by atoms with Gasteiger partial charge in [0.15, 0.2) is 0 Å². The first-order chi connectivity index (χ1) is 14.1. The predicted molar refractivity (Wildman–Crippen MR) is 123 cm³/mol. The lowest BCUT2D eigenvalue weighted by Gasteiger charge is -2.11. The molecule has 2 heterocycles. The zero-order chi connectivity index (χ0) is 20.6. The molecule has 0 amide bonds. The van der Waals surface area contributed by atoms with E-state index in [1.165, 1.54) is 0 Å². The minimum Gasteiger partial charge on any atom is -0.494 e. The van der Waals surface area contributed by atoms with Crippen LogP contribution in [0.1, 0.15) is 44.4 Å². The van der Waals surface area contributed by atoms with Gasteiger partial charge in [0.1, 0.15) is 5.75 Å². The monoisotopic (exact) mass is 385 g/mol. The van der Waals surface area contributed by atoms with E-state index in [0.29, 0.717) is 6.54 Å². The van der Waals surface area contributed by atoms with Gasteiger partial charge in [-0.15, -0.1) is 0 Å². The van der Waals surface area contributed by atoms with Gasteiger partial charge < -0.3 is 14.9 Å². The standard InChI is InChI=1S/C24H28BN3O/c1-3-4-16-29-21-11-8-19(9-12-21)7-10-20-17-18(2)24(27-20)22(13-14-26)23-6-5-15-28(23)25/h5-12,15,17H,3-4,13-14,16,26H2,1-2H3/b10-7+,24-22-. The van der Waals surface area contributed by atoms with Crippen molar-refractivity contribution in [2.75, 3.05) is 13.2 Å². The van der Waals surface area contributed by atoms with Crippen LogP contribution in [0, 0.1) is 0 Å². The molecule has 0 bridgehead atoms. The molecule has 148 valence electrons. The average Bonchev–Trinajstić information content (AvgIpc) is 3.31. The molecule has 0 aliphatic carbocycles. The number of aromatic nitrogens is 1. The van der Waals surface area contributed by atoms with E-state index in [9.17, 15) is 0 Å². The van der Waals surface area contributed by atoms with E-state index in [1.54, 1.807) is 4.48 Å². The third-order valence-electron chi connectivity index (χ3n) is 4.84. The highest BCUT2D eigenvalue weighted by Crippen LogP contribution is 2.31. The molecule has 5 heteroatoms. The molecule has 0 unspecified atom stereocenters. The van der Waals surface area contributed by atoms with Gasteiger partial charge in [0.2, 0.25) is 7.98 Å². The second-order valence-corrected chi connectivity index (χ2v) is 7.13. The second-order valence-electron chi connectivity index (χ2n) is 7.13. The van der Waals surface area contributed by atoms with Gasteiger partial charge in [-0.2, -0.15) is 0 Å². The van der Waals surface area contributed by atoms with Crippen molar-refractivity contribution in [3.63, 3.8) is 0 Å². The van der Waals surface area contributed by atoms with Crippen LogP contribution in [0.25, 0.3) is 11.6 Å². The maximum absolute atomic E-state index is 6.05. The van der Waals surface area contributed by atoms with Gasteiger partial charge in [-0.1, -0.05) is 31.6 Å². The Bertz CT molecular complexity index is 949. The van der Waals surface area contributed by atoms with Gasteiger partial charge >= 0.3 is 0 Å². The summed E-state index contributed by atoms with van der Waals surface area (Å²) < 4.78 is 7.34. The smallest absolute Gasteiger partial charge is 0.234 e. The molecular formula is C24H28BN3O. The number of hydrogen-bond acceptors (Lipinski definition) is 3. The Morgan fingerprint density at radius 3 is 2.66 bits per heavy atom. The quantitative estimate of drug-likeness (QED) is 0.499. The van der Waals surface area contributed by atoms with E-state index in [0.717, 1.165) is 65.4 Å². The molecular weight excluding hydrogens is 357 g/mol. The van der Waals surface area contributed by atoms with E-state index in [-0.39, 0.29) is 0 Å². The molecule has 0 saturated carbocycles. The number of ether oxygens (including phenoxy) is 1. The van der Waals surface area contributed by atoms with Crippen molar-refractivity contribution in [2.24, 2.45) is 10.7 Å². The molecule has 3 rings (SSSR count). The lowest BCUT2D eigenvalue weighted by Crippen LogP contribution is -2.05. The summed E-state index contributed by atoms with van der Waals surface area (Å²) in [6.45, 7) is 5.54. The number of rotatable bonds is 9. The Morgan fingerprint density at radius 1 is 1.21 bits per heavy atom. The van der Waals surface area contributed by atoms with Crippen LogP contribution < -0.4 is 10.5 Å². The summed E-state index contributed by atoms with van der Waals surface area (Å²) in [5, 5.41) is 0. The SMILES string of the molecule is [B]n1cccc1/C(CCN)=C1N=C(/C=C/c2ccc(OCCCC)cc2)C=C\1C. The van der Waals surface area contributed by atoms with Gasteiger partial charge in [0.25, 0.3) is 0 Å². The molecule has 0 atom stereocenters. The fourth-order valence-corrected chi connectivity index (χ4v) is 3.28. The highest BCUT2D eigenvalue weighted by atomic mass is 16.5. The van der Waals surface area contributed by atoms with Gasteiger partial charge in [0.05, 0.1) is 18.0 Å². The molecule has 29 heavy (non-hydrogen) atoms. The number of hydrogen-bond donors (Lipinski definition) is 1. The van der Waals surface area contributed by atoms with Crippen LogP contribution in [0.4, 0.5) is 0 Å². The van der Waals surface area contributed by atoms with Crippen LogP contribution in [0.15, 0.2) is 71.0 Å². The molecule has 1 aliphatic rings. The number of unbranched alkanes of at least 4 members (excludes halogenated alkanes) is 1. The van der Waals surface area contributed by atoms with Crippen LogP contribution in [0.2, 0.25) is 0 Å². The van der Waals surface area contributed by atoms with Crippen LogP contribution >= 0.6 is 0 Å². The van der Waals surface area contributed by atoms with E-state index < -0.39 is 0 Å². The van der Waals surface area contributed by atoms with E-state index in [2.05, 4.69) is 38.1 Å². The van der Waals surface area contributed by atoms with Crippen molar-refractivity contribution < 1.29 is 4.74 Å². The Labute approximate surface area is 174 Å². The molecule has 2 aromatic rings. The number of nitrogens with two attached hydrogens (primary N) is 1. The number of aliphatic imine (C=N–C) groups is 1. The second kappa shape index (κ2) is 10.1. The summed E-state index contributed by atoms with van der Waals surface area (Å²) in [6, 6.07) is 12.1. The van der Waals surface area contributed by atoms with Crippen molar-refractivity contribution in [3.8, 4) is 5.75 Å². The number of allylic oxidation sites excluding steroid dienone is 3. The summed E-state index contributed by atoms with van der Waals surface area (Å²) in [5.74, 6) is 0.908. The van der Waals surface area contributed by atoms with Crippen molar-refractivity contribution in [1.82, 2.24) is 4.48 Å². The molecule has 4 nitrogen and oxygen atoms in total. The summed E-state index contributed by atoms with van der Waals surface area (Å²) in [4.78, 5) is 4.84. The first kappa shape index (κ1) is 20.9. The van der Waals surface area contributed by atoms with E-state index in [1.807, 2.05) is 36.5 Å². The largest absolute Gasteiger partial charge is 0.494 e. The molecule has 0 fully saturated rings. The van der Waals surface area contributed by atoms with Gasteiger partial charge in [-0.3, -0.25) is 0 Å². The highest BCUT2D eigenvalue weighted by Gasteiger charge is 2.16. The fraction of sp³-hybridized carbons (Fsp3) is 0.292. The van der Waals surface area contributed by atoms with Crippen LogP contribution in [0.5, 0.6) is 5.75 Å². The Kier molecular flexibility index (Phi) is 7.31. The Hall–Kier alpha value is -2.79. The summed E-state index contributed by atoms with van der Waals surface area (Å²) >= 11 is 0. The molecule has 0 spiro atoms. The summed E-state index contributed by atoms with van der Waals surface area (Å²) in [6.07, 6.45) is 11.0. The van der Waals surface area contributed by atoms with Gasteiger partial charge in [-0.05, 0) is 80.1 Å². The minimum absolute atomic E-state index is 0.546. The van der Waals surface area contributed by atoms with E-state index in [4.69, 9.17) is 23.4 Å². The zero-order valence-electron chi connectivity index (χ0n) is 17.3. The van der Waals surface area contributed by atoms with E-state index >= 15 is 0 Å². The van der Waals surface area contributed by atoms with Crippen molar-refractivity contribution in [1.29, 1.82) is 0 Å². The van der Waals surface area contributed by atoms with Crippen molar-refractivity contribution in [2.45, 2.75) is 33.1 Å². The maximum atomic E-state index is 6.05. The summed E-state index contributed by atoms with van der Waals surface area (Å²) in [5.41, 5.74) is 12.0. The topological polar surface area (TPSA) is 52.5 Å². The maximum Gasteiger partial charge on any atom is 0.234 e. The third kappa shape index (κ3) is 5.39. The van der Waals surface area contributed by atoms with Gasteiger partial charge in [-0.25, -0.2) is 4.99 Å². The molecule has 1 aromatic carbocycles. The van der Waals surface area contributed by atoms with Gasteiger partial charge in [0, 0.05) is 11.3 Å². The third-order valence-corrected chi connectivity index (χ3v) is 4.84. The normalized spacial score (nSPS) is 15.6. The minimum atomic E-state index is 0.546. The zero-order valence-corrected chi connectivity index (χ0v) is 17.3. The molecule has 2 radical (unpaired) electrons. The predicted octanol–water partition coefficient (Wildman–Crippen LogP) is 4.77. The first-order valence-corrected chi connectivity index (χ1v) is 10.2. The van der Waals surface area contributed by atoms with Crippen LogP contribution in [-0.2, 0) is 0 Å². The molecule has 1 aliphatic heterocycles. The van der Waals surface area contributed by atoms with Crippen molar-refractivity contribution >= 4 is 25.3 Å². The molecule has 2 N–H and O–H groups in total. The van der Waals surface area contributed by atoms with Crippen molar-refractivity contribution in [3.05, 3.63) is 77.3 Å². The Morgan fingerprint density at radius 2 is 2.00 bits per heavy atom. The first-order valence-electron chi connectivity index (χ1n) is 10.2.